The quantitative estimate of drug-likeness (QED) is 0.760. The molecular weight excluding hydrogens is 346 g/mol. The van der Waals surface area contributed by atoms with E-state index in [2.05, 4.69) is 21.9 Å². The van der Waals surface area contributed by atoms with E-state index in [4.69, 9.17) is 0 Å². The SMILES string of the molecule is CC(NC(=O)CN1CCC(NS(=O)(=O)c2cccs2)CC1)C1CC1. The molecule has 1 aliphatic heterocycles. The van der Waals surface area contributed by atoms with Gasteiger partial charge in [-0.2, -0.15) is 0 Å². The first kappa shape index (κ1) is 17.8. The molecule has 2 N–H and O–H groups in total. The number of likely N-dealkylation sites (tertiary alicyclic amines) is 1. The average Bonchev–Trinajstić information content (AvgIpc) is 3.23. The summed E-state index contributed by atoms with van der Waals surface area (Å²) >= 11 is 1.23. The van der Waals surface area contributed by atoms with Gasteiger partial charge >= 0.3 is 0 Å². The molecule has 1 amide bonds. The monoisotopic (exact) mass is 371 g/mol. The minimum absolute atomic E-state index is 0.0539. The van der Waals surface area contributed by atoms with Crippen LogP contribution >= 0.6 is 11.3 Å². The number of sulfonamides is 1. The third-order valence-electron chi connectivity index (χ3n) is 4.75. The van der Waals surface area contributed by atoms with E-state index in [1.54, 1.807) is 17.5 Å². The number of amides is 1. The molecule has 0 aromatic carbocycles. The van der Waals surface area contributed by atoms with Crippen LogP contribution in [0, 0.1) is 5.92 Å². The number of thiophene rings is 1. The van der Waals surface area contributed by atoms with Gasteiger partial charge < -0.3 is 5.32 Å². The van der Waals surface area contributed by atoms with Crippen LogP contribution in [0.25, 0.3) is 0 Å². The Morgan fingerprint density at radius 2 is 2.04 bits per heavy atom. The number of carbonyl (C=O) groups is 1. The number of nitrogens with zero attached hydrogens (tertiary/aromatic N) is 1. The van der Waals surface area contributed by atoms with Crippen LogP contribution in [0.4, 0.5) is 0 Å². The van der Waals surface area contributed by atoms with Crippen molar-refractivity contribution in [2.75, 3.05) is 19.6 Å². The highest BCUT2D eigenvalue weighted by Crippen LogP contribution is 2.32. The number of hydrogen-bond acceptors (Lipinski definition) is 5. The van der Waals surface area contributed by atoms with Crippen molar-refractivity contribution in [1.29, 1.82) is 0 Å². The molecule has 1 unspecified atom stereocenters. The summed E-state index contributed by atoms with van der Waals surface area (Å²) in [5.41, 5.74) is 0. The van der Waals surface area contributed by atoms with Gasteiger partial charge in [-0.25, -0.2) is 13.1 Å². The molecule has 1 saturated heterocycles. The first-order valence-electron chi connectivity index (χ1n) is 8.51. The van der Waals surface area contributed by atoms with Crippen molar-refractivity contribution in [1.82, 2.24) is 14.9 Å². The summed E-state index contributed by atoms with van der Waals surface area (Å²) in [6.45, 7) is 3.95. The number of nitrogens with one attached hydrogen (secondary N) is 2. The molecule has 1 aromatic rings. The van der Waals surface area contributed by atoms with Gasteiger partial charge in [0.15, 0.2) is 0 Å². The Labute approximate surface area is 147 Å². The van der Waals surface area contributed by atoms with Gasteiger partial charge in [0.2, 0.25) is 15.9 Å². The first-order chi connectivity index (χ1) is 11.4. The summed E-state index contributed by atoms with van der Waals surface area (Å²) in [6, 6.07) is 3.57. The first-order valence-corrected chi connectivity index (χ1v) is 10.9. The van der Waals surface area contributed by atoms with Crippen molar-refractivity contribution in [2.45, 2.75) is 48.9 Å². The Bertz CT molecular complexity index is 648. The number of carbonyl (C=O) groups excluding carboxylic acids is 1. The van der Waals surface area contributed by atoms with Crippen molar-refractivity contribution in [3.05, 3.63) is 17.5 Å². The van der Waals surface area contributed by atoms with Gasteiger partial charge in [-0.3, -0.25) is 9.69 Å². The van der Waals surface area contributed by atoms with Crippen LogP contribution in [0.3, 0.4) is 0 Å². The Hall–Kier alpha value is -0.960. The van der Waals surface area contributed by atoms with Gasteiger partial charge in [0.05, 0.1) is 6.54 Å². The van der Waals surface area contributed by atoms with Crippen LogP contribution in [0.15, 0.2) is 21.7 Å². The molecule has 6 nitrogen and oxygen atoms in total. The lowest BCUT2D eigenvalue weighted by molar-refractivity contribution is -0.123. The zero-order chi connectivity index (χ0) is 17.2. The summed E-state index contributed by atoms with van der Waals surface area (Å²) in [5.74, 6) is 0.735. The van der Waals surface area contributed by atoms with Crippen molar-refractivity contribution >= 4 is 27.3 Å². The van der Waals surface area contributed by atoms with Gasteiger partial charge in [0.25, 0.3) is 0 Å². The zero-order valence-corrected chi connectivity index (χ0v) is 15.5. The molecule has 0 radical (unpaired) electrons. The predicted octanol–water partition coefficient (Wildman–Crippen LogP) is 1.41. The molecule has 1 aromatic heterocycles. The van der Waals surface area contributed by atoms with Crippen LogP contribution in [0.5, 0.6) is 0 Å². The van der Waals surface area contributed by atoms with Crippen LogP contribution in [0.2, 0.25) is 0 Å². The molecule has 8 heteroatoms. The van der Waals surface area contributed by atoms with Gasteiger partial charge in [0.1, 0.15) is 4.21 Å². The minimum atomic E-state index is -3.40. The smallest absolute Gasteiger partial charge is 0.250 e. The molecule has 1 saturated carbocycles. The van der Waals surface area contributed by atoms with E-state index in [0.717, 1.165) is 25.9 Å². The van der Waals surface area contributed by atoms with Crippen molar-refractivity contribution < 1.29 is 13.2 Å². The summed E-state index contributed by atoms with van der Waals surface area (Å²) in [7, 11) is -3.40. The summed E-state index contributed by atoms with van der Waals surface area (Å²) in [4.78, 5) is 14.2. The van der Waals surface area contributed by atoms with Crippen LogP contribution < -0.4 is 10.0 Å². The summed E-state index contributed by atoms with van der Waals surface area (Å²) in [5, 5.41) is 4.83. The van der Waals surface area contributed by atoms with E-state index >= 15 is 0 Å². The second-order valence-electron chi connectivity index (χ2n) is 6.80. The van der Waals surface area contributed by atoms with E-state index in [9.17, 15) is 13.2 Å². The van der Waals surface area contributed by atoms with Gasteiger partial charge in [-0.1, -0.05) is 6.07 Å². The Kier molecular flexibility index (Phi) is 5.59. The average molecular weight is 372 g/mol. The van der Waals surface area contributed by atoms with E-state index in [1.807, 2.05) is 0 Å². The molecule has 0 bridgehead atoms. The predicted molar refractivity (Wildman–Crippen MR) is 94.4 cm³/mol. The molecule has 2 fully saturated rings. The standard InChI is InChI=1S/C16H25N3O3S2/c1-12(13-4-5-13)17-15(20)11-19-8-6-14(7-9-19)18-24(21,22)16-3-2-10-23-16/h2-3,10,12-14,18H,4-9,11H2,1H3,(H,17,20). The second-order valence-corrected chi connectivity index (χ2v) is 9.69. The van der Waals surface area contributed by atoms with E-state index in [1.165, 1.54) is 24.2 Å². The maximum Gasteiger partial charge on any atom is 0.250 e. The lowest BCUT2D eigenvalue weighted by Crippen LogP contribution is -2.48. The lowest BCUT2D eigenvalue weighted by atomic mass is 10.1. The van der Waals surface area contributed by atoms with E-state index in [-0.39, 0.29) is 18.0 Å². The Morgan fingerprint density at radius 3 is 2.62 bits per heavy atom. The Balaban J connectivity index is 1.41. The highest BCUT2D eigenvalue weighted by molar-refractivity contribution is 7.91. The maximum absolute atomic E-state index is 12.2. The number of rotatable bonds is 7. The molecule has 24 heavy (non-hydrogen) atoms. The normalized spacial score (nSPS) is 21.5. The van der Waals surface area contributed by atoms with Crippen LogP contribution in [-0.4, -0.2) is 50.9 Å². The molecule has 2 heterocycles. The second kappa shape index (κ2) is 7.51. The fraction of sp³-hybridized carbons (Fsp3) is 0.688. The molecule has 134 valence electrons. The third kappa shape index (κ3) is 4.78. The number of hydrogen-bond donors (Lipinski definition) is 2. The highest BCUT2D eigenvalue weighted by Gasteiger charge is 2.30. The largest absolute Gasteiger partial charge is 0.352 e. The number of piperidine rings is 1. The van der Waals surface area contributed by atoms with Crippen LogP contribution in [0.1, 0.15) is 32.6 Å². The van der Waals surface area contributed by atoms with E-state index in [0.29, 0.717) is 16.7 Å². The van der Waals surface area contributed by atoms with Gasteiger partial charge in [-0.15, -0.1) is 11.3 Å². The Morgan fingerprint density at radius 1 is 1.33 bits per heavy atom. The summed E-state index contributed by atoms with van der Waals surface area (Å²) in [6.07, 6.45) is 3.90. The molecule has 3 rings (SSSR count). The molecule has 1 atom stereocenters. The topological polar surface area (TPSA) is 78.5 Å². The lowest BCUT2D eigenvalue weighted by Gasteiger charge is -2.31. The fourth-order valence-electron chi connectivity index (χ4n) is 3.12. The molecular formula is C16H25N3O3S2. The summed E-state index contributed by atoms with van der Waals surface area (Å²) < 4.78 is 27.6. The minimum Gasteiger partial charge on any atom is -0.352 e. The van der Waals surface area contributed by atoms with Crippen LogP contribution in [-0.2, 0) is 14.8 Å². The maximum atomic E-state index is 12.2. The fourth-order valence-corrected chi connectivity index (χ4v) is 5.43. The van der Waals surface area contributed by atoms with Crippen molar-refractivity contribution in [3.8, 4) is 0 Å². The van der Waals surface area contributed by atoms with Gasteiger partial charge in [0, 0.05) is 25.2 Å². The van der Waals surface area contributed by atoms with Crippen molar-refractivity contribution in [3.63, 3.8) is 0 Å². The molecule has 2 aliphatic rings. The molecule has 0 spiro atoms. The van der Waals surface area contributed by atoms with Gasteiger partial charge in [-0.05, 0) is 50.0 Å². The highest BCUT2D eigenvalue weighted by atomic mass is 32.2. The van der Waals surface area contributed by atoms with E-state index < -0.39 is 10.0 Å². The third-order valence-corrected chi connectivity index (χ3v) is 7.67. The van der Waals surface area contributed by atoms with Crippen molar-refractivity contribution in [2.24, 2.45) is 5.92 Å². The zero-order valence-electron chi connectivity index (χ0n) is 13.9. The molecule has 1 aliphatic carbocycles.